The van der Waals surface area contributed by atoms with Gasteiger partial charge in [0.25, 0.3) is 0 Å². The van der Waals surface area contributed by atoms with Crippen LogP contribution in [0.15, 0.2) is 97.3 Å². The van der Waals surface area contributed by atoms with Crippen molar-refractivity contribution in [2.75, 3.05) is 6.61 Å². The second kappa shape index (κ2) is 10.1. The smallest absolute Gasteiger partial charge is 0.344 e. The summed E-state index contributed by atoms with van der Waals surface area (Å²) in [5, 5.41) is 0. The standard InChI is InChI=1S/C29H31O3S2/c1-29(2,21-10-4-3-5-11-21)32-28(30)20-31-22-16-18-23(19-17-22)34-26-14-8-6-12-24(26)33-25-13-7-9-15-27(25)34/h6-9,12-19,21H,3-5,10-11,20H2,1-2H3/q+1. The summed E-state index contributed by atoms with van der Waals surface area (Å²) in [6.07, 6.45) is 6.01. The lowest BCUT2D eigenvalue weighted by molar-refractivity contribution is -0.165. The van der Waals surface area contributed by atoms with E-state index in [1.54, 1.807) is 0 Å². The van der Waals surface area contributed by atoms with Gasteiger partial charge in [0.2, 0.25) is 0 Å². The lowest BCUT2D eigenvalue weighted by Gasteiger charge is -2.36. The predicted molar refractivity (Wildman–Crippen MR) is 138 cm³/mol. The van der Waals surface area contributed by atoms with Gasteiger partial charge in [-0.05, 0) is 81.1 Å². The Bertz CT molecular complexity index is 1100. The van der Waals surface area contributed by atoms with E-state index in [4.69, 9.17) is 9.47 Å². The molecule has 5 rings (SSSR count). The van der Waals surface area contributed by atoms with Crippen LogP contribution in [0.25, 0.3) is 0 Å². The van der Waals surface area contributed by atoms with Crippen LogP contribution in [0.5, 0.6) is 5.75 Å². The molecular formula is C29H31O3S2+. The zero-order valence-electron chi connectivity index (χ0n) is 19.8. The van der Waals surface area contributed by atoms with Crippen molar-refractivity contribution in [1.29, 1.82) is 0 Å². The van der Waals surface area contributed by atoms with Gasteiger partial charge in [-0.25, -0.2) is 4.79 Å². The second-order valence-electron chi connectivity index (χ2n) is 9.47. The molecule has 0 aromatic heterocycles. The van der Waals surface area contributed by atoms with E-state index in [0.717, 1.165) is 12.8 Å². The average molecular weight is 492 g/mol. The second-order valence-corrected chi connectivity index (χ2v) is 12.5. The molecule has 0 atom stereocenters. The number of hydrogen-bond acceptors (Lipinski definition) is 4. The highest BCUT2D eigenvalue weighted by molar-refractivity contribution is 8.04. The van der Waals surface area contributed by atoms with Gasteiger partial charge in [-0.15, -0.1) is 0 Å². The molecule has 3 aromatic carbocycles. The van der Waals surface area contributed by atoms with Crippen molar-refractivity contribution in [2.45, 2.75) is 76.0 Å². The van der Waals surface area contributed by atoms with Gasteiger partial charge < -0.3 is 9.47 Å². The molecule has 1 aliphatic heterocycles. The maximum atomic E-state index is 12.5. The number of fused-ring (bicyclic) bond motifs is 2. The monoisotopic (exact) mass is 491 g/mol. The van der Waals surface area contributed by atoms with Crippen LogP contribution in [0.1, 0.15) is 46.0 Å². The first-order chi connectivity index (χ1) is 16.5. The topological polar surface area (TPSA) is 35.5 Å². The van der Waals surface area contributed by atoms with Gasteiger partial charge >= 0.3 is 5.97 Å². The number of hydrogen-bond donors (Lipinski definition) is 0. The minimum atomic E-state index is -0.439. The van der Waals surface area contributed by atoms with Crippen molar-refractivity contribution in [1.82, 2.24) is 0 Å². The molecular weight excluding hydrogens is 460 g/mol. The van der Waals surface area contributed by atoms with E-state index in [9.17, 15) is 4.79 Å². The Morgan fingerprint density at radius 2 is 1.47 bits per heavy atom. The SMILES string of the molecule is CC(C)(OC(=O)COc1ccc([S+]2c3ccccc3Sc3ccccc32)cc1)C1CCCCC1. The Hall–Kier alpha value is -2.37. The third kappa shape index (κ3) is 5.01. The minimum absolute atomic E-state index is 0.0660. The molecule has 1 aliphatic carbocycles. The molecule has 34 heavy (non-hydrogen) atoms. The molecule has 1 heterocycles. The quantitative estimate of drug-likeness (QED) is 0.206. The van der Waals surface area contributed by atoms with Crippen LogP contribution in [0.4, 0.5) is 0 Å². The van der Waals surface area contributed by atoms with E-state index in [0.29, 0.717) is 11.7 Å². The van der Waals surface area contributed by atoms with Crippen molar-refractivity contribution in [3.05, 3.63) is 72.8 Å². The van der Waals surface area contributed by atoms with Gasteiger partial charge in [0.1, 0.15) is 22.2 Å². The highest BCUT2D eigenvalue weighted by Crippen LogP contribution is 2.48. The first kappa shape index (κ1) is 23.4. The minimum Gasteiger partial charge on any atom is -0.482 e. The van der Waals surface area contributed by atoms with Crippen LogP contribution in [0.2, 0.25) is 0 Å². The van der Waals surface area contributed by atoms with Crippen LogP contribution in [-0.2, 0) is 20.4 Å². The van der Waals surface area contributed by atoms with Gasteiger partial charge in [0.15, 0.2) is 21.3 Å². The van der Waals surface area contributed by atoms with E-state index in [2.05, 4.69) is 60.7 Å². The summed E-state index contributed by atoms with van der Waals surface area (Å²) in [5.41, 5.74) is -0.439. The Kier molecular flexibility index (Phi) is 6.94. The Balaban J connectivity index is 1.26. The summed E-state index contributed by atoms with van der Waals surface area (Å²) < 4.78 is 11.6. The number of benzene rings is 3. The van der Waals surface area contributed by atoms with Gasteiger partial charge in [-0.2, -0.15) is 0 Å². The number of ether oxygens (including phenoxy) is 2. The zero-order chi connectivity index (χ0) is 23.5. The lowest BCUT2D eigenvalue weighted by atomic mass is 9.79. The largest absolute Gasteiger partial charge is 0.482 e. The Morgan fingerprint density at radius 3 is 2.09 bits per heavy atom. The summed E-state index contributed by atoms with van der Waals surface area (Å²) in [7, 11) is -0.163. The van der Waals surface area contributed by atoms with E-state index in [1.807, 2.05) is 37.7 Å². The van der Waals surface area contributed by atoms with Crippen LogP contribution in [-0.4, -0.2) is 18.2 Å². The molecule has 0 bridgehead atoms. The van der Waals surface area contributed by atoms with Crippen molar-refractivity contribution in [2.24, 2.45) is 5.92 Å². The first-order valence-corrected chi connectivity index (χ1v) is 14.1. The van der Waals surface area contributed by atoms with Crippen LogP contribution in [0.3, 0.4) is 0 Å². The van der Waals surface area contributed by atoms with E-state index >= 15 is 0 Å². The van der Waals surface area contributed by atoms with Gasteiger partial charge in [-0.1, -0.05) is 55.3 Å². The third-order valence-corrected chi connectivity index (χ3v) is 10.5. The maximum Gasteiger partial charge on any atom is 0.344 e. The normalized spacial score (nSPS) is 16.4. The van der Waals surface area contributed by atoms with Crippen molar-refractivity contribution < 1.29 is 14.3 Å². The van der Waals surface area contributed by atoms with E-state index < -0.39 is 5.60 Å². The first-order valence-electron chi connectivity index (χ1n) is 12.1. The summed E-state index contributed by atoms with van der Waals surface area (Å²) in [6.45, 7) is 4.01. The molecule has 3 aromatic rings. The van der Waals surface area contributed by atoms with Crippen LogP contribution < -0.4 is 4.74 Å². The van der Waals surface area contributed by atoms with E-state index in [1.165, 1.54) is 43.7 Å². The molecule has 0 radical (unpaired) electrons. The van der Waals surface area contributed by atoms with Crippen LogP contribution >= 0.6 is 11.8 Å². The number of carbonyl (C=O) groups is 1. The third-order valence-electron chi connectivity index (χ3n) is 6.74. The molecule has 5 heteroatoms. The zero-order valence-corrected chi connectivity index (χ0v) is 21.4. The summed E-state index contributed by atoms with van der Waals surface area (Å²) in [6, 6.07) is 25.5. The molecule has 1 saturated carbocycles. The molecule has 0 N–H and O–H groups in total. The fourth-order valence-corrected chi connectivity index (χ4v) is 8.65. The molecule has 0 amide bonds. The Morgan fingerprint density at radius 1 is 0.882 bits per heavy atom. The molecule has 3 nitrogen and oxygen atoms in total. The maximum absolute atomic E-state index is 12.5. The van der Waals surface area contributed by atoms with E-state index in [-0.39, 0.29) is 23.5 Å². The van der Waals surface area contributed by atoms with Crippen molar-refractivity contribution in [3.63, 3.8) is 0 Å². The molecule has 0 unspecified atom stereocenters. The summed E-state index contributed by atoms with van der Waals surface area (Å²) in [4.78, 5) is 19.1. The number of carbonyl (C=O) groups excluding carboxylic acids is 1. The Labute approximate surface area is 209 Å². The van der Waals surface area contributed by atoms with Crippen molar-refractivity contribution >= 4 is 28.6 Å². The number of esters is 1. The molecule has 0 spiro atoms. The van der Waals surface area contributed by atoms with Crippen LogP contribution in [0, 0.1) is 5.92 Å². The van der Waals surface area contributed by atoms with Gasteiger partial charge in [0, 0.05) is 0 Å². The van der Waals surface area contributed by atoms with Crippen molar-refractivity contribution in [3.8, 4) is 5.75 Å². The lowest BCUT2D eigenvalue weighted by Crippen LogP contribution is -2.39. The molecule has 176 valence electrons. The highest BCUT2D eigenvalue weighted by atomic mass is 32.2. The van der Waals surface area contributed by atoms with Gasteiger partial charge in [-0.3, -0.25) is 0 Å². The average Bonchev–Trinajstić information content (AvgIpc) is 2.87. The van der Waals surface area contributed by atoms with Gasteiger partial charge in [0.05, 0.1) is 9.79 Å². The summed E-state index contributed by atoms with van der Waals surface area (Å²) in [5.74, 6) is 0.825. The molecule has 0 saturated heterocycles. The summed E-state index contributed by atoms with van der Waals surface area (Å²) >= 11 is 1.84. The predicted octanol–water partition coefficient (Wildman–Crippen LogP) is 7.53. The molecule has 1 fully saturated rings. The number of rotatable bonds is 6. The fourth-order valence-electron chi connectivity index (χ4n) is 4.92. The fraction of sp³-hybridized carbons (Fsp3) is 0.345. The highest BCUT2D eigenvalue weighted by Gasteiger charge is 2.38. The molecule has 2 aliphatic rings.